The summed E-state index contributed by atoms with van der Waals surface area (Å²) in [6.07, 6.45) is -1.25. The normalized spacial score (nSPS) is 18.9. The van der Waals surface area contributed by atoms with E-state index in [0.29, 0.717) is 17.2 Å². The standard InChI is InChI=1S/C30H38F3N5O2/c1-17(22-12-23(30(31,32)33)15-24(34)13-22)35-27-25-14-21(10-11-26(25)36-18(2)37-27)19-6-8-20(9-7-19)28(39)38(5)16-29(3,4)40/h10-15,17,19-20,40H,6-9,16,34H2,1-5H3,(H,35,36,37)/t17-,19-,20-/m1/s1. The van der Waals surface area contributed by atoms with Gasteiger partial charge in [-0.15, -0.1) is 0 Å². The Bertz CT molecular complexity index is 1380. The molecule has 1 amide bonds. The zero-order chi connectivity index (χ0) is 29.4. The fourth-order valence-corrected chi connectivity index (χ4v) is 5.65. The smallest absolute Gasteiger partial charge is 0.399 e. The third kappa shape index (κ3) is 7.02. The first-order valence-corrected chi connectivity index (χ1v) is 13.6. The minimum Gasteiger partial charge on any atom is -0.399 e. The van der Waals surface area contributed by atoms with Gasteiger partial charge in [-0.3, -0.25) is 4.79 Å². The Morgan fingerprint density at radius 1 is 1.12 bits per heavy atom. The first-order chi connectivity index (χ1) is 18.6. The van der Waals surface area contributed by atoms with Crippen LogP contribution in [0.2, 0.25) is 0 Å². The number of likely N-dealkylation sites (N-methyl/N-ethyl adjacent to an activating group) is 1. The van der Waals surface area contributed by atoms with Gasteiger partial charge in [-0.1, -0.05) is 6.07 Å². The highest BCUT2D eigenvalue weighted by Crippen LogP contribution is 2.39. The number of alkyl halides is 3. The Morgan fingerprint density at radius 2 is 1.80 bits per heavy atom. The van der Waals surface area contributed by atoms with Crippen molar-refractivity contribution in [3.05, 3.63) is 58.9 Å². The lowest BCUT2D eigenvalue weighted by Crippen LogP contribution is -2.43. The van der Waals surface area contributed by atoms with Crippen LogP contribution in [-0.2, 0) is 11.0 Å². The monoisotopic (exact) mass is 557 g/mol. The SMILES string of the molecule is Cc1nc(N[C@H](C)c2cc(N)cc(C(F)(F)F)c2)c2cc([C@H]3CC[C@H](C(=O)N(C)CC(C)(C)O)CC3)ccc2n1. The summed E-state index contributed by atoms with van der Waals surface area (Å²) < 4.78 is 40.1. The van der Waals surface area contributed by atoms with Crippen LogP contribution < -0.4 is 11.1 Å². The van der Waals surface area contributed by atoms with Crippen LogP contribution in [-0.4, -0.2) is 45.1 Å². The molecule has 4 N–H and O–H groups in total. The van der Waals surface area contributed by atoms with Crippen LogP contribution in [0, 0.1) is 12.8 Å². The maximum atomic E-state index is 13.4. The highest BCUT2D eigenvalue weighted by molar-refractivity contribution is 5.90. The predicted molar refractivity (Wildman–Crippen MR) is 151 cm³/mol. The molecular formula is C30H38F3N5O2. The lowest BCUT2D eigenvalue weighted by molar-refractivity contribution is -0.138. The number of aromatic nitrogens is 2. The Morgan fingerprint density at radius 3 is 2.42 bits per heavy atom. The van der Waals surface area contributed by atoms with Crippen molar-refractivity contribution in [1.82, 2.24) is 14.9 Å². The number of halogens is 3. The molecule has 4 rings (SSSR count). The summed E-state index contributed by atoms with van der Waals surface area (Å²) in [5.41, 5.74) is 6.37. The molecule has 1 aliphatic carbocycles. The molecule has 1 fully saturated rings. The molecule has 0 bridgehead atoms. The molecule has 0 unspecified atom stereocenters. The second kappa shape index (κ2) is 11.2. The Balaban J connectivity index is 1.53. The van der Waals surface area contributed by atoms with E-state index in [0.717, 1.165) is 54.3 Å². The van der Waals surface area contributed by atoms with Gasteiger partial charge in [0.05, 0.1) is 22.7 Å². The zero-order valence-electron chi connectivity index (χ0n) is 23.6. The number of benzene rings is 2. The third-order valence-corrected chi connectivity index (χ3v) is 7.54. The van der Waals surface area contributed by atoms with Crippen molar-refractivity contribution < 1.29 is 23.1 Å². The van der Waals surface area contributed by atoms with E-state index in [1.165, 1.54) is 6.07 Å². The summed E-state index contributed by atoms with van der Waals surface area (Å²) >= 11 is 0. The fraction of sp³-hybridized carbons (Fsp3) is 0.500. The summed E-state index contributed by atoms with van der Waals surface area (Å²) in [5.74, 6) is 1.37. The quantitative estimate of drug-likeness (QED) is 0.298. The number of nitrogen functional groups attached to an aromatic ring is 1. The first-order valence-electron chi connectivity index (χ1n) is 13.6. The van der Waals surface area contributed by atoms with E-state index in [1.54, 1.807) is 39.6 Å². The zero-order valence-corrected chi connectivity index (χ0v) is 23.6. The van der Waals surface area contributed by atoms with Gasteiger partial charge in [-0.2, -0.15) is 13.2 Å². The number of amides is 1. The summed E-state index contributed by atoms with van der Waals surface area (Å²) in [4.78, 5) is 23.7. The number of nitrogens with one attached hydrogen (secondary N) is 1. The van der Waals surface area contributed by atoms with E-state index in [-0.39, 0.29) is 30.0 Å². The van der Waals surface area contributed by atoms with E-state index >= 15 is 0 Å². The lowest BCUT2D eigenvalue weighted by atomic mass is 9.78. The maximum Gasteiger partial charge on any atom is 0.416 e. The Hall–Kier alpha value is -3.40. The minimum atomic E-state index is -4.49. The fourth-order valence-electron chi connectivity index (χ4n) is 5.65. The van der Waals surface area contributed by atoms with Crippen molar-refractivity contribution in [3.8, 4) is 0 Å². The number of hydrogen-bond donors (Lipinski definition) is 3. The van der Waals surface area contributed by atoms with Gasteiger partial charge in [0.15, 0.2) is 0 Å². The maximum absolute atomic E-state index is 13.4. The van der Waals surface area contributed by atoms with Crippen molar-refractivity contribution in [2.24, 2.45) is 5.92 Å². The highest BCUT2D eigenvalue weighted by atomic mass is 19.4. The van der Waals surface area contributed by atoms with Gasteiger partial charge < -0.3 is 21.1 Å². The molecule has 1 aromatic heterocycles. The van der Waals surface area contributed by atoms with E-state index in [1.807, 2.05) is 6.07 Å². The van der Waals surface area contributed by atoms with Gasteiger partial charge in [0.2, 0.25) is 5.91 Å². The topological polar surface area (TPSA) is 104 Å². The van der Waals surface area contributed by atoms with Crippen molar-refractivity contribution >= 4 is 28.3 Å². The number of carbonyl (C=O) groups excluding carboxylic acids is 1. The Labute approximate surface area is 233 Å². The van der Waals surface area contributed by atoms with E-state index in [9.17, 15) is 23.1 Å². The number of nitrogens with two attached hydrogens (primary N) is 1. The minimum absolute atomic E-state index is 0.0461. The molecule has 1 heterocycles. The average molecular weight is 558 g/mol. The van der Waals surface area contributed by atoms with Gasteiger partial charge in [0.1, 0.15) is 11.6 Å². The van der Waals surface area contributed by atoms with Crippen LogP contribution in [0.15, 0.2) is 36.4 Å². The van der Waals surface area contributed by atoms with Crippen LogP contribution in [0.1, 0.15) is 80.9 Å². The number of hydrogen-bond acceptors (Lipinski definition) is 6. The molecule has 3 aromatic rings. The number of aryl methyl sites for hydroxylation is 1. The van der Waals surface area contributed by atoms with E-state index in [4.69, 9.17) is 5.73 Å². The van der Waals surface area contributed by atoms with Gasteiger partial charge in [-0.05, 0) is 101 Å². The lowest BCUT2D eigenvalue weighted by Gasteiger charge is -2.33. The third-order valence-electron chi connectivity index (χ3n) is 7.54. The number of carbonyl (C=O) groups is 1. The molecule has 1 aliphatic rings. The van der Waals surface area contributed by atoms with Crippen molar-refractivity contribution in [2.75, 3.05) is 24.6 Å². The van der Waals surface area contributed by atoms with Gasteiger partial charge in [-0.25, -0.2) is 9.97 Å². The number of rotatable bonds is 7. The molecule has 2 aromatic carbocycles. The highest BCUT2D eigenvalue weighted by Gasteiger charge is 2.32. The molecule has 1 atom stereocenters. The molecule has 216 valence electrons. The van der Waals surface area contributed by atoms with Crippen LogP contribution in [0.4, 0.5) is 24.7 Å². The molecular weight excluding hydrogens is 519 g/mol. The summed E-state index contributed by atoms with van der Waals surface area (Å²) in [6.45, 7) is 7.22. The molecule has 7 nitrogen and oxygen atoms in total. The molecule has 40 heavy (non-hydrogen) atoms. The van der Waals surface area contributed by atoms with Gasteiger partial charge >= 0.3 is 6.18 Å². The largest absolute Gasteiger partial charge is 0.416 e. The van der Waals surface area contributed by atoms with Crippen molar-refractivity contribution in [2.45, 2.75) is 77.1 Å². The van der Waals surface area contributed by atoms with Crippen LogP contribution in [0.25, 0.3) is 10.9 Å². The molecule has 1 saturated carbocycles. The van der Waals surface area contributed by atoms with E-state index < -0.39 is 23.4 Å². The molecule has 0 aliphatic heterocycles. The first kappa shape index (κ1) is 29.6. The van der Waals surface area contributed by atoms with Crippen LogP contribution in [0.3, 0.4) is 0 Å². The van der Waals surface area contributed by atoms with Crippen molar-refractivity contribution in [1.29, 1.82) is 0 Å². The van der Waals surface area contributed by atoms with Crippen LogP contribution in [0.5, 0.6) is 0 Å². The number of fused-ring (bicyclic) bond motifs is 1. The second-order valence-corrected chi connectivity index (χ2v) is 11.7. The molecule has 0 radical (unpaired) electrons. The predicted octanol–water partition coefficient (Wildman–Crippen LogP) is 6.22. The van der Waals surface area contributed by atoms with Crippen molar-refractivity contribution in [3.63, 3.8) is 0 Å². The summed E-state index contributed by atoms with van der Waals surface area (Å²) in [7, 11) is 1.74. The number of nitrogens with zero attached hydrogens (tertiary/aromatic N) is 3. The molecule has 0 saturated heterocycles. The average Bonchev–Trinajstić information content (AvgIpc) is 2.86. The number of anilines is 2. The molecule has 0 spiro atoms. The second-order valence-electron chi connectivity index (χ2n) is 11.7. The van der Waals surface area contributed by atoms with Gasteiger partial charge in [0, 0.05) is 30.6 Å². The summed E-state index contributed by atoms with van der Waals surface area (Å²) in [5, 5.41) is 14.1. The van der Waals surface area contributed by atoms with Gasteiger partial charge in [0.25, 0.3) is 0 Å². The molecule has 10 heteroatoms. The van der Waals surface area contributed by atoms with Crippen LogP contribution >= 0.6 is 0 Å². The summed E-state index contributed by atoms with van der Waals surface area (Å²) in [6, 6.07) is 9.14. The Kier molecular flexibility index (Phi) is 8.31. The number of aliphatic hydroxyl groups is 1. The van der Waals surface area contributed by atoms with E-state index in [2.05, 4.69) is 27.4 Å².